The molecule has 4 aromatic rings. The molecular formula is C30H32N4O2S. The molecule has 0 amide bonds. The molecule has 37 heavy (non-hydrogen) atoms. The predicted molar refractivity (Wildman–Crippen MR) is 152 cm³/mol. The number of aryl methyl sites for hydroxylation is 2. The first-order valence-corrected chi connectivity index (χ1v) is 12.7. The van der Waals surface area contributed by atoms with Gasteiger partial charge in [-0.2, -0.15) is 0 Å². The van der Waals surface area contributed by atoms with Crippen LogP contribution in [0.3, 0.4) is 0 Å². The fraction of sp³-hybridized carbons (Fsp3) is 0.267. The van der Waals surface area contributed by atoms with Crippen molar-refractivity contribution in [2.75, 3.05) is 19.1 Å². The number of hydrogen-bond donors (Lipinski definition) is 1. The number of pyridine rings is 1. The van der Waals surface area contributed by atoms with E-state index >= 15 is 0 Å². The van der Waals surface area contributed by atoms with E-state index in [9.17, 15) is 0 Å². The molecule has 190 valence electrons. The van der Waals surface area contributed by atoms with Gasteiger partial charge in [-0.15, -0.1) is 0 Å². The van der Waals surface area contributed by atoms with E-state index in [0.717, 1.165) is 34.3 Å². The van der Waals surface area contributed by atoms with Crippen LogP contribution in [0, 0.1) is 27.7 Å². The fourth-order valence-electron chi connectivity index (χ4n) is 5.35. The lowest BCUT2D eigenvalue weighted by atomic mass is 9.96. The number of ether oxygens (including phenoxy) is 2. The van der Waals surface area contributed by atoms with E-state index in [1.807, 2.05) is 42.6 Å². The van der Waals surface area contributed by atoms with Crippen molar-refractivity contribution >= 4 is 23.0 Å². The Morgan fingerprint density at radius 2 is 1.70 bits per heavy atom. The molecular weight excluding hydrogens is 480 g/mol. The largest absolute Gasteiger partial charge is 0.497 e. The third kappa shape index (κ3) is 4.23. The summed E-state index contributed by atoms with van der Waals surface area (Å²) in [5, 5.41) is 4.18. The molecule has 5 rings (SSSR count). The highest BCUT2D eigenvalue weighted by atomic mass is 32.1. The number of rotatable bonds is 6. The molecule has 2 aromatic heterocycles. The van der Waals surface area contributed by atoms with Crippen molar-refractivity contribution in [1.29, 1.82) is 0 Å². The topological polar surface area (TPSA) is 51.6 Å². The summed E-state index contributed by atoms with van der Waals surface area (Å²) in [5.41, 5.74) is 9.00. The first-order chi connectivity index (χ1) is 17.8. The minimum atomic E-state index is -0.159. The first kappa shape index (κ1) is 24.8. The summed E-state index contributed by atoms with van der Waals surface area (Å²) < 4.78 is 13.7. The van der Waals surface area contributed by atoms with Crippen molar-refractivity contribution in [3.63, 3.8) is 0 Å². The van der Waals surface area contributed by atoms with Gasteiger partial charge in [0.05, 0.1) is 37.7 Å². The highest BCUT2D eigenvalue weighted by Crippen LogP contribution is 2.47. The van der Waals surface area contributed by atoms with Crippen LogP contribution in [0.2, 0.25) is 0 Å². The van der Waals surface area contributed by atoms with Gasteiger partial charge in [0.25, 0.3) is 0 Å². The van der Waals surface area contributed by atoms with Crippen molar-refractivity contribution in [1.82, 2.24) is 14.9 Å². The fourth-order valence-corrected chi connectivity index (χ4v) is 5.69. The minimum Gasteiger partial charge on any atom is -0.497 e. The van der Waals surface area contributed by atoms with Crippen LogP contribution in [0.5, 0.6) is 11.5 Å². The Labute approximate surface area is 223 Å². The monoisotopic (exact) mass is 512 g/mol. The summed E-state index contributed by atoms with van der Waals surface area (Å²) in [6.07, 6.45) is 1.82. The number of methoxy groups -OCH3 is 2. The van der Waals surface area contributed by atoms with Crippen LogP contribution in [-0.2, 0) is 0 Å². The number of aromatic nitrogens is 2. The van der Waals surface area contributed by atoms with Gasteiger partial charge < -0.3 is 24.3 Å². The maximum absolute atomic E-state index is 5.96. The van der Waals surface area contributed by atoms with Crippen LogP contribution >= 0.6 is 12.2 Å². The second-order valence-electron chi connectivity index (χ2n) is 9.42. The molecule has 2 aromatic carbocycles. The molecule has 1 aliphatic rings. The molecule has 0 aliphatic carbocycles. The van der Waals surface area contributed by atoms with Gasteiger partial charge >= 0.3 is 0 Å². The Morgan fingerprint density at radius 3 is 2.41 bits per heavy atom. The molecule has 7 heteroatoms. The van der Waals surface area contributed by atoms with Crippen molar-refractivity contribution in [2.24, 2.45) is 0 Å². The zero-order chi connectivity index (χ0) is 26.3. The van der Waals surface area contributed by atoms with Gasteiger partial charge in [0.2, 0.25) is 0 Å². The Kier molecular flexibility index (Phi) is 6.65. The molecule has 1 fully saturated rings. The molecule has 3 heterocycles. The van der Waals surface area contributed by atoms with Crippen LogP contribution in [0.15, 0.2) is 66.9 Å². The van der Waals surface area contributed by atoms with Gasteiger partial charge in [-0.05, 0) is 93.0 Å². The molecule has 1 saturated heterocycles. The summed E-state index contributed by atoms with van der Waals surface area (Å²) in [7, 11) is 3.34. The van der Waals surface area contributed by atoms with E-state index < -0.39 is 0 Å². The van der Waals surface area contributed by atoms with Gasteiger partial charge in [-0.25, -0.2) is 0 Å². The molecule has 0 radical (unpaired) electrons. The van der Waals surface area contributed by atoms with E-state index in [1.165, 1.54) is 22.4 Å². The average molecular weight is 513 g/mol. The van der Waals surface area contributed by atoms with Gasteiger partial charge in [-0.3, -0.25) is 4.98 Å². The molecule has 1 N–H and O–H groups in total. The van der Waals surface area contributed by atoms with E-state index in [-0.39, 0.29) is 12.1 Å². The number of nitrogens with zero attached hydrogens (tertiary/aromatic N) is 3. The van der Waals surface area contributed by atoms with E-state index in [1.54, 1.807) is 14.2 Å². The van der Waals surface area contributed by atoms with Crippen LogP contribution in [0.25, 0.3) is 5.69 Å². The lowest BCUT2D eigenvalue weighted by Gasteiger charge is -2.29. The van der Waals surface area contributed by atoms with Crippen molar-refractivity contribution < 1.29 is 9.47 Å². The van der Waals surface area contributed by atoms with Crippen LogP contribution in [0.1, 0.15) is 45.9 Å². The summed E-state index contributed by atoms with van der Waals surface area (Å²) in [5.74, 6) is 1.46. The van der Waals surface area contributed by atoms with E-state index in [2.05, 4.69) is 66.7 Å². The third-order valence-corrected chi connectivity index (χ3v) is 7.66. The number of benzene rings is 2. The molecule has 1 aliphatic heterocycles. The highest BCUT2D eigenvalue weighted by Gasteiger charge is 2.43. The predicted octanol–water partition coefficient (Wildman–Crippen LogP) is 6.30. The number of hydrogen-bond acceptors (Lipinski definition) is 4. The lowest BCUT2D eigenvalue weighted by molar-refractivity contribution is 0.403. The first-order valence-electron chi connectivity index (χ1n) is 12.3. The van der Waals surface area contributed by atoms with Gasteiger partial charge in [0, 0.05) is 29.3 Å². The summed E-state index contributed by atoms with van der Waals surface area (Å²) in [6.45, 7) is 8.67. The second-order valence-corrected chi connectivity index (χ2v) is 9.80. The molecule has 2 atom stereocenters. The molecule has 0 saturated carbocycles. The number of nitrogens with one attached hydrogen (secondary N) is 1. The van der Waals surface area contributed by atoms with Crippen molar-refractivity contribution in [2.45, 2.75) is 39.8 Å². The molecule has 6 nitrogen and oxygen atoms in total. The third-order valence-electron chi connectivity index (χ3n) is 7.35. The van der Waals surface area contributed by atoms with Crippen molar-refractivity contribution in [3.8, 4) is 17.2 Å². The summed E-state index contributed by atoms with van der Waals surface area (Å²) >= 11 is 5.96. The number of thiocarbonyl (C=S) groups is 1. The SMILES string of the molecule is COc1ccc(OC)c(N2C(=S)NC(c3ccccn3)C2c2cc(C)n(-c3cccc(C)c3C)c2C)c1. The van der Waals surface area contributed by atoms with Crippen molar-refractivity contribution in [3.05, 3.63) is 101 Å². The minimum absolute atomic E-state index is 0.155. The van der Waals surface area contributed by atoms with Crippen LogP contribution < -0.4 is 19.7 Å². The van der Waals surface area contributed by atoms with E-state index in [0.29, 0.717) is 5.11 Å². The quantitative estimate of drug-likeness (QED) is 0.306. The summed E-state index contributed by atoms with van der Waals surface area (Å²) in [6, 6.07) is 20.2. The second kappa shape index (κ2) is 9.90. The number of anilines is 1. The zero-order valence-electron chi connectivity index (χ0n) is 22.1. The van der Waals surface area contributed by atoms with Crippen LogP contribution in [-0.4, -0.2) is 28.9 Å². The maximum Gasteiger partial charge on any atom is 0.174 e. The smallest absolute Gasteiger partial charge is 0.174 e. The van der Waals surface area contributed by atoms with Crippen LogP contribution in [0.4, 0.5) is 5.69 Å². The Hall–Kier alpha value is -3.84. The molecule has 0 spiro atoms. The Morgan fingerprint density at radius 1 is 0.892 bits per heavy atom. The van der Waals surface area contributed by atoms with Gasteiger partial charge in [-0.1, -0.05) is 18.2 Å². The van der Waals surface area contributed by atoms with E-state index in [4.69, 9.17) is 26.7 Å². The Balaban J connectivity index is 1.73. The standard InChI is InChI=1S/C30H32N4O2S/c1-18-10-9-12-25(20(18)3)33-19(2)16-23(21(33)4)29-28(24-11-7-8-15-31-24)32-30(37)34(29)26-17-22(35-5)13-14-27(26)36-6/h7-17,28-29H,1-6H3,(H,32,37). The summed E-state index contributed by atoms with van der Waals surface area (Å²) in [4.78, 5) is 6.85. The average Bonchev–Trinajstić information content (AvgIpc) is 3.40. The lowest BCUT2D eigenvalue weighted by Crippen LogP contribution is -2.30. The van der Waals surface area contributed by atoms with Gasteiger partial charge in [0.15, 0.2) is 5.11 Å². The Bertz CT molecular complexity index is 1460. The zero-order valence-corrected chi connectivity index (χ0v) is 22.9. The maximum atomic E-state index is 5.96. The molecule has 2 unspecified atom stereocenters. The normalized spacial score (nSPS) is 17.1. The molecule has 0 bridgehead atoms. The van der Waals surface area contributed by atoms with Gasteiger partial charge in [0.1, 0.15) is 11.5 Å². The highest BCUT2D eigenvalue weighted by molar-refractivity contribution is 7.80.